The fourth-order valence-electron chi connectivity index (χ4n) is 0.768. The number of benzene rings is 1. The van der Waals surface area contributed by atoms with Crippen LogP contribution in [0.1, 0.15) is 12.5 Å². The molecule has 15 heavy (non-hydrogen) atoms. The third kappa shape index (κ3) is 4.13. The van der Waals surface area contributed by atoms with Gasteiger partial charge in [-0.2, -0.15) is 0 Å². The Bertz CT molecular complexity index is 379. The topological polar surface area (TPSA) is 49.8 Å². The van der Waals surface area contributed by atoms with Crippen LogP contribution in [0.3, 0.4) is 0 Å². The van der Waals surface area contributed by atoms with Crippen LogP contribution in [0.4, 0.5) is 0 Å². The van der Waals surface area contributed by atoms with Crippen LogP contribution in [0.5, 0.6) is 0 Å². The van der Waals surface area contributed by atoms with Crippen LogP contribution in [0.25, 0.3) is 5.76 Å². The van der Waals surface area contributed by atoms with Crippen LogP contribution < -0.4 is 0 Å². The minimum absolute atomic E-state index is 0.176. The van der Waals surface area contributed by atoms with E-state index in [-0.39, 0.29) is 5.57 Å². The Balaban J connectivity index is 0.000000167. The Morgan fingerprint density at radius 1 is 1.33 bits per heavy atom. The maximum Gasteiger partial charge on any atom is 0.330 e. The van der Waals surface area contributed by atoms with Crippen LogP contribution >= 0.6 is 0 Å². The van der Waals surface area contributed by atoms with Crippen molar-refractivity contribution in [2.45, 2.75) is 6.92 Å². The molecule has 0 atom stereocenters. The van der Waals surface area contributed by atoms with Crippen LogP contribution in [-0.2, 0) is 9.53 Å². The van der Waals surface area contributed by atoms with Gasteiger partial charge in [0.1, 0.15) is 6.26 Å². The molecule has 0 unspecified atom stereocenters. The number of rotatable bonds is 2. The Morgan fingerprint density at radius 3 is 2.13 bits per heavy atom. The highest BCUT2D eigenvalue weighted by Crippen LogP contribution is 2.25. The summed E-state index contributed by atoms with van der Waals surface area (Å²) in [6.07, 6.45) is 1.75. The molecule has 1 aliphatic rings. The molecule has 2 rings (SSSR count). The second-order valence-corrected chi connectivity index (χ2v) is 3.05. The zero-order valence-corrected chi connectivity index (χ0v) is 8.43. The van der Waals surface area contributed by atoms with Crippen molar-refractivity contribution in [1.82, 2.24) is 0 Å². The van der Waals surface area contributed by atoms with Crippen molar-refractivity contribution in [3.8, 4) is 0 Å². The minimum atomic E-state index is -0.935. The molecule has 1 aromatic rings. The highest BCUT2D eigenvalue weighted by Gasteiger charge is 2.10. The van der Waals surface area contributed by atoms with Crippen LogP contribution in [0.2, 0.25) is 0 Å². The molecule has 1 heterocycles. The first-order valence-electron chi connectivity index (χ1n) is 4.42. The van der Waals surface area contributed by atoms with Gasteiger partial charge in [0, 0.05) is 11.1 Å². The predicted octanol–water partition coefficient (Wildman–Crippen LogP) is 2.66. The molecule has 0 aliphatic carbocycles. The van der Waals surface area contributed by atoms with E-state index in [1.807, 2.05) is 30.3 Å². The lowest BCUT2D eigenvalue weighted by molar-refractivity contribution is -0.132. The molecule has 0 fully saturated rings. The fraction of sp³-hybridized carbons (Fsp3) is 0.0833. The van der Waals surface area contributed by atoms with Gasteiger partial charge >= 0.3 is 5.97 Å². The van der Waals surface area contributed by atoms with Crippen molar-refractivity contribution < 1.29 is 14.6 Å². The van der Waals surface area contributed by atoms with E-state index in [0.717, 1.165) is 11.3 Å². The lowest BCUT2D eigenvalue weighted by atomic mass is 10.2. The zero-order chi connectivity index (χ0) is 11.3. The second kappa shape index (κ2) is 5.00. The standard InChI is InChI=1S/C8H6O.C4H6O2/c1-2-4-7(5-3-1)8-6-9-8;1-3(2)4(5)6/h1-6H;1H2,2H3,(H,5,6). The summed E-state index contributed by atoms with van der Waals surface area (Å²) in [6.45, 7) is 4.60. The number of carboxylic acid groups (broad SMARTS) is 1. The van der Waals surface area contributed by atoms with Crippen molar-refractivity contribution in [3.05, 3.63) is 54.3 Å². The quantitative estimate of drug-likeness (QED) is 0.753. The largest absolute Gasteiger partial charge is 0.478 e. The maximum absolute atomic E-state index is 9.60. The first-order chi connectivity index (χ1) is 7.11. The van der Waals surface area contributed by atoms with Gasteiger partial charge in [0.2, 0.25) is 0 Å². The molecular formula is C12H12O3. The summed E-state index contributed by atoms with van der Waals surface area (Å²) in [7, 11) is 0. The van der Waals surface area contributed by atoms with E-state index in [4.69, 9.17) is 9.84 Å². The summed E-state index contributed by atoms with van der Waals surface area (Å²) in [5.41, 5.74) is 1.34. The maximum atomic E-state index is 9.60. The van der Waals surface area contributed by atoms with Crippen molar-refractivity contribution >= 4 is 11.7 Å². The van der Waals surface area contributed by atoms with E-state index >= 15 is 0 Å². The fourth-order valence-corrected chi connectivity index (χ4v) is 0.768. The van der Waals surface area contributed by atoms with E-state index in [0.29, 0.717) is 0 Å². The van der Waals surface area contributed by atoms with E-state index in [1.165, 1.54) is 6.92 Å². The molecule has 3 nitrogen and oxygen atoms in total. The van der Waals surface area contributed by atoms with Crippen LogP contribution in [-0.4, -0.2) is 11.1 Å². The smallest absolute Gasteiger partial charge is 0.330 e. The summed E-state index contributed by atoms with van der Waals surface area (Å²) in [5, 5.41) is 7.89. The summed E-state index contributed by atoms with van der Waals surface area (Å²) in [6, 6.07) is 10.0. The van der Waals surface area contributed by atoms with Crippen molar-refractivity contribution in [3.63, 3.8) is 0 Å². The third-order valence-electron chi connectivity index (χ3n) is 1.66. The normalized spacial score (nSPS) is 11.4. The van der Waals surface area contributed by atoms with Crippen LogP contribution in [0, 0.1) is 0 Å². The second-order valence-electron chi connectivity index (χ2n) is 3.05. The van der Waals surface area contributed by atoms with Crippen molar-refractivity contribution in [2.75, 3.05) is 0 Å². The highest BCUT2D eigenvalue weighted by atomic mass is 16.5. The number of hydrogen-bond acceptors (Lipinski definition) is 2. The Labute approximate surface area is 88.3 Å². The van der Waals surface area contributed by atoms with Gasteiger partial charge in [0.05, 0.1) is 0 Å². The molecule has 1 N–H and O–H groups in total. The SMILES string of the molecule is C1=C(c2ccccc2)O1.C=C(C)C(=O)O. The van der Waals surface area contributed by atoms with E-state index < -0.39 is 5.97 Å². The van der Waals surface area contributed by atoms with Gasteiger partial charge in [0.25, 0.3) is 0 Å². The summed E-state index contributed by atoms with van der Waals surface area (Å²) < 4.78 is 4.89. The van der Waals surface area contributed by atoms with Crippen molar-refractivity contribution in [1.29, 1.82) is 0 Å². The predicted molar refractivity (Wildman–Crippen MR) is 58.0 cm³/mol. The van der Waals surface area contributed by atoms with E-state index in [9.17, 15) is 4.79 Å². The highest BCUT2D eigenvalue weighted by molar-refractivity contribution is 5.84. The summed E-state index contributed by atoms with van der Waals surface area (Å²) in [4.78, 5) is 9.60. The van der Waals surface area contributed by atoms with Gasteiger partial charge in [-0.3, -0.25) is 0 Å². The minimum Gasteiger partial charge on any atom is -0.478 e. The van der Waals surface area contributed by atoms with E-state index in [1.54, 1.807) is 6.26 Å². The molecule has 1 aliphatic heterocycles. The third-order valence-corrected chi connectivity index (χ3v) is 1.66. The van der Waals surface area contributed by atoms with Gasteiger partial charge in [0.15, 0.2) is 5.76 Å². The van der Waals surface area contributed by atoms with E-state index in [2.05, 4.69) is 6.58 Å². The number of carbonyl (C=O) groups is 1. The Hall–Kier alpha value is -2.03. The first-order valence-corrected chi connectivity index (χ1v) is 4.42. The number of hydrogen-bond donors (Lipinski definition) is 1. The van der Waals surface area contributed by atoms with Gasteiger partial charge in [-0.15, -0.1) is 0 Å². The monoisotopic (exact) mass is 204 g/mol. The molecule has 0 bridgehead atoms. The van der Waals surface area contributed by atoms with Gasteiger partial charge < -0.3 is 9.84 Å². The summed E-state index contributed by atoms with van der Waals surface area (Å²) >= 11 is 0. The average Bonchev–Trinajstić information content (AvgIpc) is 3.03. The molecule has 0 radical (unpaired) electrons. The first kappa shape index (κ1) is 11.0. The molecule has 0 saturated heterocycles. The zero-order valence-electron chi connectivity index (χ0n) is 8.43. The number of carboxylic acids is 1. The Morgan fingerprint density at radius 2 is 1.80 bits per heavy atom. The molecule has 1 aromatic carbocycles. The Kier molecular flexibility index (Phi) is 3.68. The van der Waals surface area contributed by atoms with Crippen molar-refractivity contribution in [2.24, 2.45) is 0 Å². The van der Waals surface area contributed by atoms with Gasteiger partial charge in [-0.1, -0.05) is 36.9 Å². The summed E-state index contributed by atoms with van der Waals surface area (Å²) in [5.74, 6) is 0.0607. The molecule has 0 aromatic heterocycles. The lowest BCUT2D eigenvalue weighted by Crippen LogP contribution is -1.92. The molecule has 0 saturated carbocycles. The number of aliphatic carboxylic acids is 1. The average molecular weight is 204 g/mol. The van der Waals surface area contributed by atoms with Crippen LogP contribution in [0.15, 0.2) is 48.7 Å². The number of ether oxygens (including phenoxy) is 1. The lowest BCUT2D eigenvalue weighted by Gasteiger charge is -1.86. The molecular weight excluding hydrogens is 192 g/mol. The van der Waals surface area contributed by atoms with Gasteiger partial charge in [-0.25, -0.2) is 4.79 Å². The van der Waals surface area contributed by atoms with Gasteiger partial charge in [-0.05, 0) is 6.92 Å². The molecule has 3 heteroatoms. The molecule has 0 amide bonds. The molecule has 78 valence electrons. The molecule has 0 spiro atoms.